The first-order valence-electron chi connectivity index (χ1n) is 5.95. The van der Waals surface area contributed by atoms with Crippen molar-refractivity contribution in [2.45, 2.75) is 31.6 Å². The predicted octanol–water partition coefficient (Wildman–Crippen LogP) is 3.16. The van der Waals surface area contributed by atoms with Crippen molar-refractivity contribution >= 4 is 5.78 Å². The molecule has 2 unspecified atom stereocenters. The second kappa shape index (κ2) is 3.48. The van der Waals surface area contributed by atoms with Crippen LogP contribution in [0.15, 0.2) is 30.3 Å². The van der Waals surface area contributed by atoms with Gasteiger partial charge >= 0.3 is 0 Å². The molecule has 2 atom stereocenters. The van der Waals surface area contributed by atoms with Crippen LogP contribution in [0.3, 0.4) is 0 Å². The molecule has 1 heteroatoms. The van der Waals surface area contributed by atoms with Crippen molar-refractivity contribution in [1.82, 2.24) is 0 Å². The van der Waals surface area contributed by atoms with Crippen molar-refractivity contribution in [3.05, 3.63) is 35.9 Å². The molecule has 2 saturated carbocycles. The van der Waals surface area contributed by atoms with E-state index in [0.717, 1.165) is 19.3 Å². The molecule has 78 valence electrons. The quantitative estimate of drug-likeness (QED) is 0.732. The fourth-order valence-corrected chi connectivity index (χ4v) is 2.57. The topological polar surface area (TPSA) is 17.1 Å². The Labute approximate surface area is 90.5 Å². The smallest absolute Gasteiger partial charge is 0.139 e. The van der Waals surface area contributed by atoms with Crippen LogP contribution in [0.5, 0.6) is 0 Å². The number of benzene rings is 1. The second-order valence-electron chi connectivity index (χ2n) is 4.89. The third-order valence-corrected chi connectivity index (χ3v) is 3.89. The Hall–Kier alpha value is -1.11. The zero-order chi connectivity index (χ0) is 10.3. The van der Waals surface area contributed by atoms with Gasteiger partial charge in [0.1, 0.15) is 5.78 Å². The summed E-state index contributed by atoms with van der Waals surface area (Å²) >= 11 is 0. The number of hydrogen-bond acceptors (Lipinski definition) is 1. The zero-order valence-corrected chi connectivity index (χ0v) is 8.86. The van der Waals surface area contributed by atoms with Crippen molar-refractivity contribution in [2.75, 3.05) is 0 Å². The number of rotatable bonds is 3. The molecule has 0 radical (unpaired) electrons. The molecule has 2 aliphatic carbocycles. The molecule has 0 N–H and O–H groups in total. The van der Waals surface area contributed by atoms with Gasteiger partial charge < -0.3 is 0 Å². The van der Waals surface area contributed by atoms with E-state index in [1.807, 2.05) is 6.07 Å². The van der Waals surface area contributed by atoms with Gasteiger partial charge in [0, 0.05) is 11.8 Å². The van der Waals surface area contributed by atoms with Crippen LogP contribution in [-0.2, 0) is 4.79 Å². The van der Waals surface area contributed by atoms with E-state index in [1.165, 1.54) is 12.0 Å². The van der Waals surface area contributed by atoms with Gasteiger partial charge in [-0.1, -0.05) is 36.8 Å². The van der Waals surface area contributed by atoms with Crippen LogP contribution in [0, 0.1) is 11.8 Å². The molecule has 15 heavy (non-hydrogen) atoms. The summed E-state index contributed by atoms with van der Waals surface area (Å²) < 4.78 is 0. The molecule has 0 aromatic heterocycles. The standard InChI is InChI=1S/C14H16O/c15-14(11-7-4-8-11)13-9-12(13)10-5-2-1-3-6-10/h1-3,5-6,11-13H,4,7-9H2. The highest BCUT2D eigenvalue weighted by Crippen LogP contribution is 2.50. The van der Waals surface area contributed by atoms with Crippen LogP contribution in [0.2, 0.25) is 0 Å². The van der Waals surface area contributed by atoms with Crippen molar-refractivity contribution < 1.29 is 4.79 Å². The highest BCUT2D eigenvalue weighted by Gasteiger charge is 2.46. The van der Waals surface area contributed by atoms with Crippen molar-refractivity contribution in [3.63, 3.8) is 0 Å². The van der Waals surface area contributed by atoms with E-state index in [4.69, 9.17) is 0 Å². The molecule has 0 bridgehead atoms. The Kier molecular flexibility index (Phi) is 2.12. The number of carbonyl (C=O) groups is 1. The first-order valence-corrected chi connectivity index (χ1v) is 5.95. The molecule has 2 aliphatic rings. The van der Waals surface area contributed by atoms with Gasteiger partial charge in [-0.3, -0.25) is 4.79 Å². The maximum atomic E-state index is 12.0. The molecule has 0 saturated heterocycles. The van der Waals surface area contributed by atoms with Crippen LogP contribution in [-0.4, -0.2) is 5.78 Å². The first kappa shape index (κ1) is 9.14. The van der Waals surface area contributed by atoms with Crippen LogP contribution in [0.25, 0.3) is 0 Å². The largest absolute Gasteiger partial charge is 0.299 e. The fourth-order valence-electron chi connectivity index (χ4n) is 2.57. The summed E-state index contributed by atoms with van der Waals surface area (Å²) in [5, 5.41) is 0. The van der Waals surface area contributed by atoms with Crippen molar-refractivity contribution in [1.29, 1.82) is 0 Å². The number of hydrogen-bond donors (Lipinski definition) is 0. The molecule has 2 fully saturated rings. The molecule has 0 aliphatic heterocycles. The maximum Gasteiger partial charge on any atom is 0.139 e. The Bertz CT molecular complexity index is 364. The summed E-state index contributed by atoms with van der Waals surface area (Å²) in [6, 6.07) is 10.5. The van der Waals surface area contributed by atoms with Gasteiger partial charge in [-0.2, -0.15) is 0 Å². The average Bonchev–Trinajstić information content (AvgIpc) is 2.96. The minimum atomic E-state index is 0.359. The second-order valence-corrected chi connectivity index (χ2v) is 4.89. The fraction of sp³-hybridized carbons (Fsp3) is 0.500. The summed E-state index contributed by atoms with van der Waals surface area (Å²) in [5.74, 6) is 1.87. The molecule has 1 aromatic carbocycles. The van der Waals surface area contributed by atoms with Gasteiger partial charge in [-0.05, 0) is 30.7 Å². The SMILES string of the molecule is O=C(C1CCC1)C1CC1c1ccccc1. The maximum absolute atomic E-state index is 12.0. The number of ketones is 1. The van der Waals surface area contributed by atoms with Gasteiger partial charge in [0.15, 0.2) is 0 Å². The molecule has 0 amide bonds. The van der Waals surface area contributed by atoms with Gasteiger partial charge in [-0.15, -0.1) is 0 Å². The third-order valence-electron chi connectivity index (χ3n) is 3.89. The monoisotopic (exact) mass is 200 g/mol. The van der Waals surface area contributed by atoms with Gasteiger partial charge in [0.2, 0.25) is 0 Å². The third kappa shape index (κ3) is 1.60. The minimum absolute atomic E-state index is 0.359. The summed E-state index contributed by atoms with van der Waals surface area (Å²) in [5.41, 5.74) is 1.36. The Morgan fingerprint density at radius 1 is 1.13 bits per heavy atom. The van der Waals surface area contributed by atoms with E-state index in [2.05, 4.69) is 24.3 Å². The lowest BCUT2D eigenvalue weighted by Crippen LogP contribution is -2.23. The molecular formula is C14H16O. The highest BCUT2D eigenvalue weighted by molar-refractivity contribution is 5.87. The van der Waals surface area contributed by atoms with E-state index in [1.54, 1.807) is 0 Å². The Morgan fingerprint density at radius 2 is 1.87 bits per heavy atom. The first-order chi connectivity index (χ1) is 7.36. The molecule has 3 rings (SSSR count). The Balaban J connectivity index is 1.66. The summed E-state index contributed by atoms with van der Waals surface area (Å²) in [6.45, 7) is 0. The van der Waals surface area contributed by atoms with Gasteiger partial charge in [0.25, 0.3) is 0 Å². The Morgan fingerprint density at radius 3 is 2.47 bits per heavy atom. The normalized spacial score (nSPS) is 29.6. The van der Waals surface area contributed by atoms with E-state index >= 15 is 0 Å². The van der Waals surface area contributed by atoms with Crippen LogP contribution < -0.4 is 0 Å². The molecule has 0 spiro atoms. The van der Waals surface area contributed by atoms with E-state index in [-0.39, 0.29) is 0 Å². The number of carbonyl (C=O) groups excluding carboxylic acids is 1. The van der Waals surface area contributed by atoms with Crippen molar-refractivity contribution in [2.24, 2.45) is 11.8 Å². The summed E-state index contributed by atoms with van der Waals surface area (Å²) in [6.07, 6.45) is 4.66. The molecule has 1 nitrogen and oxygen atoms in total. The zero-order valence-electron chi connectivity index (χ0n) is 8.86. The van der Waals surface area contributed by atoms with Gasteiger partial charge in [-0.25, -0.2) is 0 Å². The summed E-state index contributed by atoms with van der Waals surface area (Å²) in [4.78, 5) is 12.0. The highest BCUT2D eigenvalue weighted by atomic mass is 16.1. The summed E-state index contributed by atoms with van der Waals surface area (Å²) in [7, 11) is 0. The lowest BCUT2D eigenvalue weighted by Gasteiger charge is -2.23. The van der Waals surface area contributed by atoms with Crippen molar-refractivity contribution in [3.8, 4) is 0 Å². The molecular weight excluding hydrogens is 184 g/mol. The average molecular weight is 200 g/mol. The predicted molar refractivity (Wildman–Crippen MR) is 59.6 cm³/mol. The minimum Gasteiger partial charge on any atom is -0.299 e. The van der Waals surface area contributed by atoms with Crippen LogP contribution >= 0.6 is 0 Å². The van der Waals surface area contributed by atoms with Gasteiger partial charge in [0.05, 0.1) is 0 Å². The lowest BCUT2D eigenvalue weighted by molar-refractivity contribution is -0.126. The van der Waals surface area contributed by atoms with E-state index < -0.39 is 0 Å². The lowest BCUT2D eigenvalue weighted by atomic mass is 9.80. The van der Waals surface area contributed by atoms with E-state index in [9.17, 15) is 4.79 Å². The molecule has 0 heterocycles. The van der Waals surface area contributed by atoms with Crippen LogP contribution in [0.4, 0.5) is 0 Å². The molecule has 1 aromatic rings. The van der Waals surface area contributed by atoms with E-state index in [0.29, 0.717) is 23.5 Å². The number of Topliss-reactive ketones (excluding diaryl/α,β-unsaturated/α-hetero) is 1. The van der Waals surface area contributed by atoms with Crippen LogP contribution in [0.1, 0.15) is 37.2 Å².